The minimum Gasteiger partial charge on any atom is -0.497 e. The lowest BCUT2D eigenvalue weighted by Gasteiger charge is -2.18. The molecule has 0 spiro atoms. The Morgan fingerprint density at radius 2 is 1.90 bits per heavy atom. The highest BCUT2D eigenvalue weighted by molar-refractivity contribution is 8.14. The molecule has 6 nitrogen and oxygen atoms in total. The molecule has 0 bridgehead atoms. The van der Waals surface area contributed by atoms with Crippen LogP contribution >= 0.6 is 11.8 Å². The summed E-state index contributed by atoms with van der Waals surface area (Å²) >= 11 is 1.16. The molecular weight excluding hydrogens is 400 g/mol. The number of ether oxygens (including phenoxy) is 2. The molecule has 7 heteroatoms. The lowest BCUT2D eigenvalue weighted by molar-refractivity contribution is -0.137. The number of aliphatic imine (C=N–C) groups is 1. The van der Waals surface area contributed by atoms with Gasteiger partial charge < -0.3 is 9.47 Å². The lowest BCUT2D eigenvalue weighted by atomic mass is 10.0. The summed E-state index contributed by atoms with van der Waals surface area (Å²) in [6.45, 7) is 4.27. The van der Waals surface area contributed by atoms with Gasteiger partial charge in [-0.3, -0.25) is 14.5 Å². The van der Waals surface area contributed by atoms with Gasteiger partial charge in [0.05, 0.1) is 25.7 Å². The number of esters is 1. The van der Waals surface area contributed by atoms with Crippen LogP contribution in [0.15, 0.2) is 59.2 Å². The molecule has 0 atom stereocenters. The van der Waals surface area contributed by atoms with E-state index in [9.17, 15) is 9.59 Å². The van der Waals surface area contributed by atoms with E-state index in [1.54, 1.807) is 37.5 Å². The highest BCUT2D eigenvalue weighted by atomic mass is 32.2. The monoisotopic (exact) mass is 424 g/mol. The molecule has 0 saturated carbocycles. The minimum absolute atomic E-state index is 0.0550. The zero-order chi connectivity index (χ0) is 21.7. The number of carbonyl (C=O) groups excluding carboxylic acids is 2. The van der Waals surface area contributed by atoms with Crippen LogP contribution in [0.2, 0.25) is 0 Å². The molecule has 156 valence electrons. The Morgan fingerprint density at radius 3 is 2.53 bits per heavy atom. The maximum atomic E-state index is 13.2. The van der Waals surface area contributed by atoms with E-state index < -0.39 is 0 Å². The second-order valence-electron chi connectivity index (χ2n) is 6.95. The fourth-order valence-corrected chi connectivity index (χ4v) is 3.73. The van der Waals surface area contributed by atoms with E-state index in [0.717, 1.165) is 17.3 Å². The van der Waals surface area contributed by atoms with Crippen LogP contribution in [-0.4, -0.2) is 37.0 Å². The molecule has 3 rings (SSSR count). The van der Waals surface area contributed by atoms with Gasteiger partial charge in [0.15, 0.2) is 5.17 Å². The molecule has 0 unspecified atom stereocenters. The Hall–Kier alpha value is -3.06. The second-order valence-corrected chi connectivity index (χ2v) is 7.89. The summed E-state index contributed by atoms with van der Waals surface area (Å²) in [6, 6.07) is 15.2. The highest BCUT2D eigenvalue weighted by Gasteiger charge is 2.32. The smallest absolute Gasteiger partial charge is 0.316 e. The number of rotatable bonds is 6. The van der Waals surface area contributed by atoms with Crippen LogP contribution in [-0.2, 0) is 14.3 Å². The van der Waals surface area contributed by atoms with Gasteiger partial charge >= 0.3 is 5.97 Å². The second kappa shape index (κ2) is 9.63. The third-order valence-corrected chi connectivity index (χ3v) is 5.51. The van der Waals surface area contributed by atoms with E-state index in [4.69, 9.17) is 9.47 Å². The number of hydrogen-bond donors (Lipinski definition) is 0. The number of carbonyl (C=O) groups is 2. The average molecular weight is 425 g/mol. The van der Waals surface area contributed by atoms with E-state index in [2.05, 4.69) is 18.8 Å². The lowest BCUT2D eigenvalue weighted by Crippen LogP contribution is -2.30. The summed E-state index contributed by atoms with van der Waals surface area (Å²) in [6.07, 6.45) is 1.76. The zero-order valence-electron chi connectivity index (χ0n) is 17.4. The van der Waals surface area contributed by atoms with Gasteiger partial charge in [-0.2, -0.15) is 0 Å². The molecule has 1 amide bonds. The maximum Gasteiger partial charge on any atom is 0.316 e. The molecule has 1 aliphatic heterocycles. The molecular formula is C23H24N2O4S. The molecule has 0 radical (unpaired) electrons. The Bertz CT molecular complexity index is 997. The van der Waals surface area contributed by atoms with Crippen molar-refractivity contribution in [3.63, 3.8) is 0 Å². The number of thioether (sulfide) groups is 1. The number of amides is 1. The quantitative estimate of drug-likeness (QED) is 0.506. The predicted octanol–water partition coefficient (Wildman–Crippen LogP) is 4.47. The van der Waals surface area contributed by atoms with Gasteiger partial charge in [0.1, 0.15) is 11.4 Å². The van der Waals surface area contributed by atoms with Crippen LogP contribution in [0.3, 0.4) is 0 Å². The largest absolute Gasteiger partial charge is 0.497 e. The molecule has 0 aliphatic carbocycles. The molecule has 0 saturated heterocycles. The first-order chi connectivity index (χ1) is 14.4. The molecule has 30 heavy (non-hydrogen) atoms. The van der Waals surface area contributed by atoms with Gasteiger partial charge in [-0.05, 0) is 35.3 Å². The fourth-order valence-electron chi connectivity index (χ4n) is 2.89. The third-order valence-electron chi connectivity index (χ3n) is 4.59. The van der Waals surface area contributed by atoms with Crippen LogP contribution in [0.5, 0.6) is 5.75 Å². The zero-order valence-corrected chi connectivity index (χ0v) is 18.2. The first kappa shape index (κ1) is 21.6. The number of methoxy groups -OCH3 is 2. The predicted molar refractivity (Wildman–Crippen MR) is 121 cm³/mol. The fraction of sp³-hybridized carbons (Fsp3) is 0.261. The molecule has 0 fully saturated rings. The summed E-state index contributed by atoms with van der Waals surface area (Å²) in [4.78, 5) is 30.8. The Labute approximate surface area is 180 Å². The Balaban J connectivity index is 1.94. The van der Waals surface area contributed by atoms with Crippen LogP contribution in [0, 0.1) is 0 Å². The topological polar surface area (TPSA) is 68.2 Å². The van der Waals surface area contributed by atoms with Crippen molar-refractivity contribution in [2.75, 3.05) is 24.9 Å². The van der Waals surface area contributed by atoms with Gasteiger partial charge in [-0.25, -0.2) is 4.99 Å². The van der Waals surface area contributed by atoms with E-state index >= 15 is 0 Å². The van der Waals surface area contributed by atoms with Crippen molar-refractivity contribution >= 4 is 40.6 Å². The van der Waals surface area contributed by atoms with Crippen molar-refractivity contribution in [3.05, 3.63) is 65.4 Å². The first-order valence-corrected chi connectivity index (χ1v) is 10.5. The van der Waals surface area contributed by atoms with Crippen molar-refractivity contribution in [3.8, 4) is 5.75 Å². The summed E-state index contributed by atoms with van der Waals surface area (Å²) in [5.74, 6) is 0.465. The van der Waals surface area contributed by atoms with Gasteiger partial charge in [0.25, 0.3) is 5.91 Å². The van der Waals surface area contributed by atoms with Crippen molar-refractivity contribution in [2.45, 2.75) is 19.8 Å². The minimum atomic E-state index is -0.387. The highest BCUT2D eigenvalue weighted by Crippen LogP contribution is 2.31. The van der Waals surface area contributed by atoms with Gasteiger partial charge in [0, 0.05) is 6.07 Å². The molecule has 0 aromatic heterocycles. The van der Waals surface area contributed by atoms with Crippen LogP contribution < -0.4 is 9.64 Å². The van der Waals surface area contributed by atoms with E-state index in [-0.39, 0.29) is 17.6 Å². The summed E-state index contributed by atoms with van der Waals surface area (Å²) in [5, 5.41) is 0.420. The molecule has 2 aromatic carbocycles. The number of anilines is 1. The third kappa shape index (κ3) is 4.91. The maximum absolute atomic E-state index is 13.2. The molecule has 1 aliphatic rings. The van der Waals surface area contributed by atoms with Crippen molar-refractivity contribution in [1.82, 2.24) is 0 Å². The van der Waals surface area contributed by atoms with Crippen LogP contribution in [0.25, 0.3) is 6.08 Å². The van der Waals surface area contributed by atoms with E-state index in [1.807, 2.05) is 24.3 Å². The number of benzene rings is 2. The van der Waals surface area contributed by atoms with Gasteiger partial charge in [-0.15, -0.1) is 0 Å². The number of amidine groups is 1. The van der Waals surface area contributed by atoms with Crippen molar-refractivity contribution in [2.24, 2.45) is 4.99 Å². The summed E-state index contributed by atoms with van der Waals surface area (Å²) in [7, 11) is 2.90. The van der Waals surface area contributed by atoms with Crippen molar-refractivity contribution < 1.29 is 19.1 Å². The summed E-state index contributed by atoms with van der Waals surface area (Å²) < 4.78 is 9.99. The Morgan fingerprint density at radius 1 is 1.17 bits per heavy atom. The summed E-state index contributed by atoms with van der Waals surface area (Å²) in [5.41, 5.74) is 3.04. The molecule has 0 N–H and O–H groups in total. The molecule has 2 aromatic rings. The van der Waals surface area contributed by atoms with Gasteiger partial charge in [-0.1, -0.05) is 55.9 Å². The van der Waals surface area contributed by atoms with Crippen molar-refractivity contribution in [1.29, 1.82) is 0 Å². The number of hydrogen-bond acceptors (Lipinski definition) is 6. The normalized spacial score (nSPS) is 15.0. The van der Waals surface area contributed by atoms with Crippen LogP contribution in [0.1, 0.15) is 30.9 Å². The van der Waals surface area contributed by atoms with E-state index in [0.29, 0.717) is 28.2 Å². The standard InChI is InChI=1S/C23H24N2O4S/c1-15(2)17-10-8-16(9-11-17)12-20-22(27)25(18-6-5-7-19(13-18)28-3)23(24-20)30-14-21(26)29-4/h5-13,15H,14H2,1-4H3. The van der Waals surface area contributed by atoms with E-state index in [1.165, 1.54) is 17.6 Å². The molecule has 1 heterocycles. The number of nitrogens with zero attached hydrogens (tertiary/aromatic N) is 2. The van der Waals surface area contributed by atoms with Gasteiger partial charge in [0.2, 0.25) is 0 Å². The van der Waals surface area contributed by atoms with Crippen LogP contribution in [0.4, 0.5) is 5.69 Å². The Kier molecular flexibility index (Phi) is 6.95. The average Bonchev–Trinajstić information content (AvgIpc) is 3.07. The first-order valence-electron chi connectivity index (χ1n) is 9.51. The SMILES string of the molecule is COC(=O)CSC1=NC(=Cc2ccc(C(C)C)cc2)C(=O)N1c1cccc(OC)c1.